The van der Waals surface area contributed by atoms with Gasteiger partial charge in [0.2, 0.25) is 10.0 Å². The molecule has 6 heteroatoms. The monoisotopic (exact) mass is 256 g/mol. The molecule has 1 N–H and O–H groups in total. The molecule has 0 aromatic heterocycles. The van der Waals surface area contributed by atoms with Crippen molar-refractivity contribution in [1.29, 1.82) is 5.41 Å². The average molecular weight is 256 g/mol. The number of hydrogen-bond acceptors (Lipinski definition) is 3. The maximum Gasteiger partial charge on any atom is 0.243 e. The lowest BCUT2D eigenvalue weighted by molar-refractivity contribution is 0.476. The third kappa shape index (κ3) is 2.23. The first-order valence-electron chi connectivity index (χ1n) is 5.36. The zero-order chi connectivity index (χ0) is 12.5. The van der Waals surface area contributed by atoms with Crippen LogP contribution in [0, 0.1) is 11.2 Å². The summed E-state index contributed by atoms with van der Waals surface area (Å²) in [6.45, 7) is 0.937. The molecular weight excluding hydrogens is 243 g/mol. The summed E-state index contributed by atoms with van der Waals surface area (Å²) in [5.74, 6) is -0.603. The Kier molecular flexibility index (Phi) is 3.26. The highest BCUT2D eigenvalue weighted by Gasteiger charge is 2.29. The normalized spacial score (nSPS) is 17.2. The summed E-state index contributed by atoms with van der Waals surface area (Å²) in [6.07, 6.45) is 2.59. The summed E-state index contributed by atoms with van der Waals surface area (Å²) in [4.78, 5) is -0.116. The van der Waals surface area contributed by atoms with Crippen molar-refractivity contribution in [3.63, 3.8) is 0 Å². The van der Waals surface area contributed by atoms with E-state index in [1.165, 1.54) is 10.4 Å². The van der Waals surface area contributed by atoms with Crippen LogP contribution < -0.4 is 0 Å². The second-order valence-corrected chi connectivity index (χ2v) is 5.84. The fourth-order valence-electron chi connectivity index (χ4n) is 1.92. The number of halogens is 1. The van der Waals surface area contributed by atoms with Crippen LogP contribution in [0.4, 0.5) is 4.39 Å². The van der Waals surface area contributed by atoms with Crippen molar-refractivity contribution in [2.24, 2.45) is 0 Å². The van der Waals surface area contributed by atoms with Crippen LogP contribution in [0.3, 0.4) is 0 Å². The van der Waals surface area contributed by atoms with E-state index in [-0.39, 0.29) is 10.5 Å². The summed E-state index contributed by atoms with van der Waals surface area (Å²) in [5.41, 5.74) is 0.221. The number of rotatable bonds is 3. The molecule has 0 bridgehead atoms. The molecular formula is C11H13FN2O2S. The van der Waals surface area contributed by atoms with E-state index in [1.54, 1.807) is 0 Å². The molecule has 1 aromatic rings. The van der Waals surface area contributed by atoms with Gasteiger partial charge in [-0.3, -0.25) is 0 Å². The predicted molar refractivity (Wildman–Crippen MR) is 62.3 cm³/mol. The van der Waals surface area contributed by atoms with Crippen LogP contribution in [-0.4, -0.2) is 32.0 Å². The van der Waals surface area contributed by atoms with Gasteiger partial charge < -0.3 is 5.41 Å². The van der Waals surface area contributed by atoms with Gasteiger partial charge in [0, 0.05) is 24.9 Å². The lowest BCUT2D eigenvalue weighted by Gasteiger charge is -2.16. The van der Waals surface area contributed by atoms with Crippen LogP contribution in [0.5, 0.6) is 0 Å². The molecule has 92 valence electrons. The summed E-state index contributed by atoms with van der Waals surface area (Å²) < 4.78 is 38.9. The van der Waals surface area contributed by atoms with Crippen LogP contribution in [0.15, 0.2) is 23.1 Å². The Morgan fingerprint density at radius 2 is 1.94 bits per heavy atom. The molecule has 0 saturated carbocycles. The van der Waals surface area contributed by atoms with E-state index in [9.17, 15) is 12.8 Å². The Labute approximate surface area is 99.6 Å². The largest absolute Gasteiger partial charge is 0.308 e. The molecule has 1 fully saturated rings. The van der Waals surface area contributed by atoms with Gasteiger partial charge in [0.15, 0.2) is 0 Å². The number of nitrogens with one attached hydrogen (secondary N) is 1. The molecule has 1 saturated heterocycles. The molecule has 0 unspecified atom stereocenters. The summed E-state index contributed by atoms with van der Waals surface area (Å²) in [7, 11) is -3.66. The van der Waals surface area contributed by atoms with Gasteiger partial charge in [-0.25, -0.2) is 12.8 Å². The third-order valence-corrected chi connectivity index (χ3v) is 4.77. The van der Waals surface area contributed by atoms with E-state index in [0.717, 1.165) is 31.2 Å². The summed E-state index contributed by atoms with van der Waals surface area (Å²) >= 11 is 0. The first-order chi connectivity index (χ1) is 8.05. The topological polar surface area (TPSA) is 61.2 Å². The molecule has 0 amide bonds. The van der Waals surface area contributed by atoms with Gasteiger partial charge in [0.25, 0.3) is 0 Å². The number of benzene rings is 1. The van der Waals surface area contributed by atoms with Gasteiger partial charge in [0.1, 0.15) is 5.82 Å². The Hall–Kier alpha value is -1.27. The lowest BCUT2D eigenvalue weighted by Crippen LogP contribution is -2.28. The Morgan fingerprint density at radius 1 is 1.29 bits per heavy atom. The number of nitrogens with zero attached hydrogens (tertiary/aromatic N) is 1. The van der Waals surface area contributed by atoms with Crippen molar-refractivity contribution in [2.45, 2.75) is 17.7 Å². The summed E-state index contributed by atoms with van der Waals surface area (Å²) in [6, 6.07) is 3.45. The number of sulfonamides is 1. The summed E-state index contributed by atoms with van der Waals surface area (Å²) in [5, 5.41) is 7.18. The van der Waals surface area contributed by atoms with E-state index >= 15 is 0 Å². The van der Waals surface area contributed by atoms with Gasteiger partial charge >= 0.3 is 0 Å². The van der Waals surface area contributed by atoms with Crippen molar-refractivity contribution in [3.8, 4) is 0 Å². The van der Waals surface area contributed by atoms with Crippen molar-refractivity contribution in [3.05, 3.63) is 29.6 Å². The first kappa shape index (κ1) is 12.2. The van der Waals surface area contributed by atoms with Gasteiger partial charge in [-0.2, -0.15) is 4.31 Å². The van der Waals surface area contributed by atoms with Crippen molar-refractivity contribution in [2.75, 3.05) is 13.1 Å². The van der Waals surface area contributed by atoms with E-state index in [2.05, 4.69) is 0 Å². The minimum atomic E-state index is -3.66. The molecule has 1 aliphatic rings. The number of hydrogen-bond donors (Lipinski definition) is 1. The van der Waals surface area contributed by atoms with Crippen LogP contribution in [-0.2, 0) is 10.0 Å². The minimum Gasteiger partial charge on any atom is -0.308 e. The van der Waals surface area contributed by atoms with Gasteiger partial charge in [-0.1, -0.05) is 0 Å². The molecule has 0 spiro atoms. The van der Waals surface area contributed by atoms with Crippen LogP contribution in [0.1, 0.15) is 18.4 Å². The molecule has 2 rings (SSSR count). The fourth-order valence-corrected chi connectivity index (χ4v) is 3.62. The van der Waals surface area contributed by atoms with Gasteiger partial charge in [-0.15, -0.1) is 0 Å². The Morgan fingerprint density at radius 3 is 2.53 bits per heavy atom. The standard InChI is InChI=1S/C11H13FN2O2S/c12-10-4-3-9(8-13)11(7-10)17(15,16)14-5-1-2-6-14/h3-4,7-8,13H,1-2,5-6H2. The Balaban J connectivity index is 2.51. The molecule has 1 aliphatic heterocycles. The predicted octanol–water partition coefficient (Wildman–Crippen LogP) is 1.61. The van der Waals surface area contributed by atoms with E-state index in [4.69, 9.17) is 5.41 Å². The lowest BCUT2D eigenvalue weighted by atomic mass is 10.2. The zero-order valence-electron chi connectivity index (χ0n) is 9.19. The highest BCUT2D eigenvalue weighted by atomic mass is 32.2. The smallest absolute Gasteiger partial charge is 0.243 e. The molecule has 0 aliphatic carbocycles. The van der Waals surface area contributed by atoms with Crippen LogP contribution in [0.25, 0.3) is 0 Å². The van der Waals surface area contributed by atoms with Gasteiger partial charge in [-0.05, 0) is 31.0 Å². The maximum absolute atomic E-state index is 13.1. The van der Waals surface area contributed by atoms with Crippen LogP contribution >= 0.6 is 0 Å². The van der Waals surface area contributed by atoms with Crippen molar-refractivity contribution in [1.82, 2.24) is 4.31 Å². The molecule has 1 aromatic carbocycles. The highest BCUT2D eigenvalue weighted by Crippen LogP contribution is 2.23. The Bertz CT molecular complexity index is 536. The second-order valence-electron chi connectivity index (χ2n) is 3.94. The SMILES string of the molecule is N=Cc1ccc(F)cc1S(=O)(=O)N1CCCC1. The fraction of sp³-hybridized carbons (Fsp3) is 0.364. The molecule has 17 heavy (non-hydrogen) atoms. The van der Waals surface area contributed by atoms with E-state index in [0.29, 0.717) is 13.1 Å². The molecule has 4 nitrogen and oxygen atoms in total. The molecule has 0 radical (unpaired) electrons. The molecule has 0 atom stereocenters. The van der Waals surface area contributed by atoms with Crippen molar-refractivity contribution < 1.29 is 12.8 Å². The maximum atomic E-state index is 13.1. The van der Waals surface area contributed by atoms with Gasteiger partial charge in [0.05, 0.1) is 4.90 Å². The van der Waals surface area contributed by atoms with Crippen LogP contribution in [0.2, 0.25) is 0 Å². The van der Waals surface area contributed by atoms with Crippen molar-refractivity contribution >= 4 is 16.2 Å². The average Bonchev–Trinajstić information content (AvgIpc) is 2.83. The third-order valence-electron chi connectivity index (χ3n) is 2.81. The quantitative estimate of drug-likeness (QED) is 0.835. The first-order valence-corrected chi connectivity index (χ1v) is 6.80. The second kappa shape index (κ2) is 4.54. The molecule has 1 heterocycles. The van der Waals surface area contributed by atoms with E-state index in [1.807, 2.05) is 0 Å². The highest BCUT2D eigenvalue weighted by molar-refractivity contribution is 7.89. The minimum absolute atomic E-state index is 0.116. The van der Waals surface area contributed by atoms with E-state index < -0.39 is 15.8 Å². The zero-order valence-corrected chi connectivity index (χ0v) is 10.0.